The van der Waals surface area contributed by atoms with Crippen LogP contribution in [-0.4, -0.2) is 46.9 Å². The summed E-state index contributed by atoms with van der Waals surface area (Å²) in [4.78, 5) is 2.02. The number of likely N-dealkylation sites (N-methyl/N-ethyl adjacent to an activating group) is 1. The van der Waals surface area contributed by atoms with Gasteiger partial charge in [0.2, 0.25) is 5.13 Å². The van der Waals surface area contributed by atoms with Crippen molar-refractivity contribution in [1.82, 2.24) is 15.1 Å². The number of nitrogens with zero attached hydrogens (tertiary/aromatic N) is 3. The van der Waals surface area contributed by atoms with Crippen LogP contribution < -0.4 is 5.32 Å². The third kappa shape index (κ3) is 3.57. The van der Waals surface area contributed by atoms with E-state index in [2.05, 4.69) is 15.5 Å². The molecular formula is C8H16N4OS. The van der Waals surface area contributed by atoms with Crippen molar-refractivity contribution >= 4 is 16.5 Å². The van der Waals surface area contributed by atoms with Crippen molar-refractivity contribution < 1.29 is 5.11 Å². The fourth-order valence-electron chi connectivity index (χ4n) is 1.17. The van der Waals surface area contributed by atoms with Gasteiger partial charge in [0.1, 0.15) is 5.01 Å². The van der Waals surface area contributed by atoms with E-state index in [1.165, 1.54) is 11.3 Å². The number of aromatic nitrogens is 2. The lowest BCUT2D eigenvalue weighted by molar-refractivity contribution is 0.138. The van der Waals surface area contributed by atoms with Crippen LogP contribution >= 0.6 is 11.3 Å². The molecule has 0 aliphatic carbocycles. The topological polar surface area (TPSA) is 61.3 Å². The molecule has 1 atom stereocenters. The van der Waals surface area contributed by atoms with Crippen molar-refractivity contribution in [3.63, 3.8) is 0 Å². The first-order valence-electron chi connectivity index (χ1n) is 4.48. The molecule has 0 aliphatic rings. The second-order valence-corrected chi connectivity index (χ2v) is 4.36. The summed E-state index contributed by atoms with van der Waals surface area (Å²) in [6, 6.07) is 0. The van der Waals surface area contributed by atoms with Gasteiger partial charge < -0.3 is 10.4 Å². The standard InChI is InChI=1S/C8H16N4OS/c1-6(13)4-12(3)5-7-10-11-8(9-2)14-7/h6,13H,4-5H2,1-3H3,(H,9,11). The van der Waals surface area contributed by atoms with Crippen molar-refractivity contribution in [2.24, 2.45) is 0 Å². The molecule has 80 valence electrons. The zero-order valence-corrected chi connectivity index (χ0v) is 9.51. The molecule has 5 nitrogen and oxygen atoms in total. The van der Waals surface area contributed by atoms with Gasteiger partial charge in [0.15, 0.2) is 0 Å². The lowest BCUT2D eigenvalue weighted by Gasteiger charge is -2.15. The number of hydrogen-bond donors (Lipinski definition) is 2. The number of nitrogens with one attached hydrogen (secondary N) is 1. The molecule has 0 saturated carbocycles. The highest BCUT2D eigenvalue weighted by molar-refractivity contribution is 7.15. The Morgan fingerprint density at radius 3 is 2.79 bits per heavy atom. The summed E-state index contributed by atoms with van der Waals surface area (Å²) in [5.74, 6) is 0. The summed E-state index contributed by atoms with van der Waals surface area (Å²) in [7, 11) is 3.77. The largest absolute Gasteiger partial charge is 0.392 e. The van der Waals surface area contributed by atoms with E-state index in [0.29, 0.717) is 6.54 Å². The quantitative estimate of drug-likeness (QED) is 0.745. The van der Waals surface area contributed by atoms with E-state index in [1.54, 1.807) is 6.92 Å². The molecule has 6 heteroatoms. The molecule has 0 aliphatic heterocycles. The minimum atomic E-state index is -0.309. The summed E-state index contributed by atoms with van der Waals surface area (Å²) in [5.41, 5.74) is 0. The minimum absolute atomic E-state index is 0.309. The van der Waals surface area contributed by atoms with E-state index in [0.717, 1.165) is 16.7 Å². The number of anilines is 1. The molecule has 0 saturated heterocycles. The predicted molar refractivity (Wildman–Crippen MR) is 57.5 cm³/mol. The minimum Gasteiger partial charge on any atom is -0.392 e. The van der Waals surface area contributed by atoms with Gasteiger partial charge in [0, 0.05) is 13.6 Å². The first kappa shape index (κ1) is 11.4. The van der Waals surface area contributed by atoms with Crippen LogP contribution in [0.4, 0.5) is 5.13 Å². The van der Waals surface area contributed by atoms with E-state index in [-0.39, 0.29) is 6.10 Å². The molecule has 2 N–H and O–H groups in total. The van der Waals surface area contributed by atoms with E-state index in [4.69, 9.17) is 5.11 Å². The first-order valence-corrected chi connectivity index (χ1v) is 5.30. The van der Waals surface area contributed by atoms with Crippen molar-refractivity contribution in [3.05, 3.63) is 5.01 Å². The van der Waals surface area contributed by atoms with E-state index < -0.39 is 0 Å². The zero-order valence-electron chi connectivity index (χ0n) is 8.69. The third-order valence-electron chi connectivity index (χ3n) is 1.66. The number of hydrogen-bond acceptors (Lipinski definition) is 6. The predicted octanol–water partition coefficient (Wildman–Crippen LogP) is 0.392. The van der Waals surface area contributed by atoms with Crippen LogP contribution in [0.5, 0.6) is 0 Å². The van der Waals surface area contributed by atoms with Crippen molar-refractivity contribution in [1.29, 1.82) is 0 Å². The Hall–Kier alpha value is -0.720. The van der Waals surface area contributed by atoms with Crippen LogP contribution in [0.1, 0.15) is 11.9 Å². The average molecular weight is 216 g/mol. The molecule has 0 aromatic carbocycles. The average Bonchev–Trinajstić information content (AvgIpc) is 2.50. The second kappa shape index (κ2) is 5.23. The molecule has 1 heterocycles. The van der Waals surface area contributed by atoms with Gasteiger partial charge in [-0.25, -0.2) is 0 Å². The molecule has 0 amide bonds. The Morgan fingerprint density at radius 1 is 1.57 bits per heavy atom. The molecule has 0 radical (unpaired) electrons. The van der Waals surface area contributed by atoms with Gasteiger partial charge in [-0.1, -0.05) is 11.3 Å². The maximum atomic E-state index is 9.17. The second-order valence-electron chi connectivity index (χ2n) is 3.30. The Labute approximate surface area is 87.8 Å². The van der Waals surface area contributed by atoms with Crippen molar-refractivity contribution in [2.75, 3.05) is 26.0 Å². The highest BCUT2D eigenvalue weighted by Crippen LogP contribution is 2.15. The highest BCUT2D eigenvalue weighted by Gasteiger charge is 2.07. The van der Waals surface area contributed by atoms with Crippen LogP contribution in [0.2, 0.25) is 0 Å². The van der Waals surface area contributed by atoms with Gasteiger partial charge in [-0.3, -0.25) is 4.90 Å². The summed E-state index contributed by atoms with van der Waals surface area (Å²) in [5, 5.41) is 21.8. The van der Waals surface area contributed by atoms with Crippen LogP contribution in [0.15, 0.2) is 0 Å². The van der Waals surface area contributed by atoms with E-state index >= 15 is 0 Å². The zero-order chi connectivity index (χ0) is 10.6. The number of aliphatic hydroxyl groups is 1. The first-order chi connectivity index (χ1) is 6.61. The monoisotopic (exact) mass is 216 g/mol. The van der Waals surface area contributed by atoms with Gasteiger partial charge in [-0.05, 0) is 14.0 Å². The van der Waals surface area contributed by atoms with E-state index in [1.807, 2.05) is 19.0 Å². The van der Waals surface area contributed by atoms with Crippen LogP contribution in [-0.2, 0) is 6.54 Å². The Kier molecular flexibility index (Phi) is 4.24. The summed E-state index contributed by atoms with van der Waals surface area (Å²) in [6.45, 7) is 3.15. The van der Waals surface area contributed by atoms with Crippen molar-refractivity contribution in [3.8, 4) is 0 Å². The fourth-order valence-corrected chi connectivity index (χ4v) is 1.94. The molecule has 1 aromatic heterocycles. The maximum absolute atomic E-state index is 9.17. The van der Waals surface area contributed by atoms with Gasteiger partial charge in [0.25, 0.3) is 0 Å². The molecule has 14 heavy (non-hydrogen) atoms. The summed E-state index contributed by atoms with van der Waals surface area (Å²) < 4.78 is 0. The van der Waals surface area contributed by atoms with E-state index in [9.17, 15) is 0 Å². The smallest absolute Gasteiger partial charge is 0.205 e. The van der Waals surface area contributed by atoms with Crippen LogP contribution in [0.3, 0.4) is 0 Å². The summed E-state index contributed by atoms with van der Waals surface area (Å²) in [6.07, 6.45) is -0.309. The normalized spacial score (nSPS) is 13.2. The maximum Gasteiger partial charge on any atom is 0.205 e. The van der Waals surface area contributed by atoms with Crippen LogP contribution in [0.25, 0.3) is 0 Å². The van der Waals surface area contributed by atoms with Crippen molar-refractivity contribution in [2.45, 2.75) is 19.6 Å². The molecule has 1 unspecified atom stereocenters. The molecular weight excluding hydrogens is 200 g/mol. The lowest BCUT2D eigenvalue weighted by Crippen LogP contribution is -2.26. The Balaban J connectivity index is 2.43. The van der Waals surface area contributed by atoms with Gasteiger partial charge in [0.05, 0.1) is 12.6 Å². The van der Waals surface area contributed by atoms with Gasteiger partial charge in [-0.2, -0.15) is 0 Å². The number of rotatable bonds is 5. The molecule has 1 rings (SSSR count). The fraction of sp³-hybridized carbons (Fsp3) is 0.750. The lowest BCUT2D eigenvalue weighted by atomic mass is 10.4. The highest BCUT2D eigenvalue weighted by atomic mass is 32.1. The molecule has 0 fully saturated rings. The molecule has 0 bridgehead atoms. The molecule has 1 aromatic rings. The third-order valence-corrected chi connectivity index (χ3v) is 2.59. The SMILES string of the molecule is CNc1nnc(CN(C)CC(C)O)s1. The molecule has 0 spiro atoms. The Morgan fingerprint density at radius 2 is 2.29 bits per heavy atom. The Bertz CT molecular complexity index is 276. The number of aliphatic hydroxyl groups excluding tert-OH is 1. The van der Waals surface area contributed by atoms with Gasteiger partial charge in [-0.15, -0.1) is 10.2 Å². The van der Waals surface area contributed by atoms with Gasteiger partial charge >= 0.3 is 0 Å². The summed E-state index contributed by atoms with van der Waals surface area (Å²) >= 11 is 1.53. The van der Waals surface area contributed by atoms with Crippen LogP contribution in [0, 0.1) is 0 Å².